The zero-order valence-electron chi connectivity index (χ0n) is 29.9. The fraction of sp³-hybridized carbons (Fsp3) is 0.923. The fourth-order valence-electron chi connectivity index (χ4n) is 6.04. The molecule has 0 bridgehead atoms. The monoisotopic (exact) mass is 640 g/mol. The van der Waals surface area contributed by atoms with Crippen LogP contribution in [-0.2, 0) is 4.79 Å². The molecule has 0 aromatic heterocycles. The Bertz CT molecular complexity index is 643. The summed E-state index contributed by atoms with van der Waals surface area (Å²) in [4.78, 5) is 12.4. The molecule has 1 amide bonds. The lowest BCUT2D eigenvalue weighted by molar-refractivity contribution is -0.132. The van der Waals surface area contributed by atoms with Crippen molar-refractivity contribution in [1.82, 2.24) is 5.32 Å². The molecule has 0 aromatic carbocycles. The largest absolute Gasteiger partial charge is 0.394 e. The average Bonchev–Trinajstić information content (AvgIpc) is 3.04. The number of carbonyl (C=O) groups excluding carboxylic acids is 1. The van der Waals surface area contributed by atoms with E-state index >= 15 is 0 Å². The topological polar surface area (TPSA) is 110 Å². The molecule has 6 nitrogen and oxygen atoms in total. The highest BCUT2D eigenvalue weighted by atomic mass is 16.3. The molecular weight excluding hydrogens is 562 g/mol. The second kappa shape index (κ2) is 34.4. The van der Waals surface area contributed by atoms with Crippen LogP contribution in [0, 0.1) is 0 Å². The summed E-state index contributed by atoms with van der Waals surface area (Å²) in [6.45, 7) is 3.97. The molecule has 0 spiro atoms. The van der Waals surface area contributed by atoms with E-state index < -0.39 is 36.9 Å². The SMILES string of the molecule is CCCCCCCCCCCCCC/C=C\CCCCCCCCCC(O)C(=O)NC(CO)C(O)C(O)CCCCCCCC. The molecule has 45 heavy (non-hydrogen) atoms. The lowest BCUT2D eigenvalue weighted by atomic mass is 9.99. The maximum absolute atomic E-state index is 12.4. The predicted molar refractivity (Wildman–Crippen MR) is 191 cm³/mol. The number of unbranched alkanes of at least 4 members (excludes halogenated alkanes) is 24. The van der Waals surface area contributed by atoms with Crippen molar-refractivity contribution >= 4 is 5.91 Å². The quantitative estimate of drug-likeness (QED) is 0.0350. The fourth-order valence-corrected chi connectivity index (χ4v) is 6.04. The Kier molecular flexibility index (Phi) is 33.7. The summed E-state index contributed by atoms with van der Waals surface area (Å²) in [6, 6.07) is -0.980. The molecule has 268 valence electrons. The van der Waals surface area contributed by atoms with Crippen LogP contribution in [0.25, 0.3) is 0 Å². The zero-order valence-corrected chi connectivity index (χ0v) is 29.9. The molecule has 5 N–H and O–H groups in total. The first-order chi connectivity index (χ1) is 22.0. The number of amides is 1. The van der Waals surface area contributed by atoms with E-state index in [0.717, 1.165) is 38.5 Å². The minimum Gasteiger partial charge on any atom is -0.394 e. The van der Waals surface area contributed by atoms with Crippen molar-refractivity contribution in [2.24, 2.45) is 0 Å². The van der Waals surface area contributed by atoms with Gasteiger partial charge in [-0.1, -0.05) is 174 Å². The molecule has 6 heteroatoms. The maximum atomic E-state index is 12.4. The van der Waals surface area contributed by atoms with Gasteiger partial charge in [-0.15, -0.1) is 0 Å². The van der Waals surface area contributed by atoms with Crippen LogP contribution in [0.1, 0.15) is 200 Å². The number of hydrogen-bond acceptors (Lipinski definition) is 5. The van der Waals surface area contributed by atoms with E-state index in [-0.39, 0.29) is 0 Å². The van der Waals surface area contributed by atoms with Crippen LogP contribution < -0.4 is 5.32 Å². The molecule has 0 aromatic rings. The van der Waals surface area contributed by atoms with Crippen LogP contribution in [0.2, 0.25) is 0 Å². The van der Waals surface area contributed by atoms with E-state index in [2.05, 4.69) is 31.3 Å². The Morgan fingerprint density at radius 2 is 0.889 bits per heavy atom. The van der Waals surface area contributed by atoms with E-state index in [9.17, 15) is 25.2 Å². The van der Waals surface area contributed by atoms with Gasteiger partial charge in [-0.05, 0) is 38.5 Å². The molecule has 0 saturated heterocycles. The minimum atomic E-state index is -1.25. The summed E-state index contributed by atoms with van der Waals surface area (Å²) >= 11 is 0. The smallest absolute Gasteiger partial charge is 0.249 e. The van der Waals surface area contributed by atoms with Gasteiger partial charge in [0, 0.05) is 0 Å². The van der Waals surface area contributed by atoms with E-state index in [1.54, 1.807) is 0 Å². The van der Waals surface area contributed by atoms with Crippen LogP contribution in [0.4, 0.5) is 0 Å². The van der Waals surface area contributed by atoms with Crippen LogP contribution in [0.3, 0.4) is 0 Å². The van der Waals surface area contributed by atoms with Crippen molar-refractivity contribution in [3.05, 3.63) is 12.2 Å². The Balaban J connectivity index is 3.64. The highest BCUT2D eigenvalue weighted by Gasteiger charge is 2.28. The number of aliphatic hydroxyl groups excluding tert-OH is 4. The van der Waals surface area contributed by atoms with Crippen LogP contribution in [0.5, 0.6) is 0 Å². The van der Waals surface area contributed by atoms with Gasteiger partial charge in [0.05, 0.1) is 18.8 Å². The molecule has 0 aliphatic rings. The average molecular weight is 640 g/mol. The number of allylic oxidation sites excluding steroid dienone is 2. The lowest BCUT2D eigenvalue weighted by Gasteiger charge is -2.27. The standard InChI is InChI=1S/C39H77NO5/c1-3-5-7-9-11-12-13-14-15-16-17-18-19-20-21-22-23-24-25-26-27-29-31-33-37(43)39(45)40-35(34-41)38(44)36(42)32-30-28-10-8-6-4-2/h20-21,35-38,41-44H,3-19,22-34H2,1-2H3,(H,40,45)/b21-20-. The van der Waals surface area contributed by atoms with Crippen LogP contribution in [-0.4, -0.2) is 57.3 Å². The molecule has 4 atom stereocenters. The van der Waals surface area contributed by atoms with Gasteiger partial charge < -0.3 is 25.7 Å². The van der Waals surface area contributed by atoms with Crippen molar-refractivity contribution in [3.8, 4) is 0 Å². The third kappa shape index (κ3) is 29.0. The third-order valence-electron chi connectivity index (χ3n) is 9.23. The van der Waals surface area contributed by atoms with Gasteiger partial charge in [0.25, 0.3) is 0 Å². The van der Waals surface area contributed by atoms with Gasteiger partial charge in [0.2, 0.25) is 5.91 Å². The van der Waals surface area contributed by atoms with Gasteiger partial charge >= 0.3 is 0 Å². The lowest BCUT2D eigenvalue weighted by Crippen LogP contribution is -2.53. The second-order valence-corrected chi connectivity index (χ2v) is 13.6. The Hall–Kier alpha value is -0.950. The Morgan fingerprint density at radius 1 is 0.533 bits per heavy atom. The van der Waals surface area contributed by atoms with E-state index in [0.29, 0.717) is 12.8 Å². The third-order valence-corrected chi connectivity index (χ3v) is 9.23. The number of hydrogen-bond donors (Lipinski definition) is 5. The second-order valence-electron chi connectivity index (χ2n) is 13.6. The highest BCUT2D eigenvalue weighted by Crippen LogP contribution is 2.15. The number of carbonyl (C=O) groups is 1. The first kappa shape index (κ1) is 44.0. The van der Waals surface area contributed by atoms with Gasteiger partial charge in [0.1, 0.15) is 12.2 Å². The molecule has 0 radical (unpaired) electrons. The molecule has 0 aliphatic carbocycles. The van der Waals surface area contributed by atoms with Gasteiger partial charge in [-0.3, -0.25) is 4.79 Å². The maximum Gasteiger partial charge on any atom is 0.249 e. The molecule has 0 fully saturated rings. The molecule has 0 aliphatic heterocycles. The van der Waals surface area contributed by atoms with Gasteiger partial charge in [-0.25, -0.2) is 0 Å². The number of rotatable bonds is 35. The highest BCUT2D eigenvalue weighted by molar-refractivity contribution is 5.80. The summed E-state index contributed by atoms with van der Waals surface area (Å²) < 4.78 is 0. The van der Waals surface area contributed by atoms with E-state index in [1.807, 2.05) is 0 Å². The van der Waals surface area contributed by atoms with Crippen LogP contribution >= 0.6 is 0 Å². The van der Waals surface area contributed by atoms with E-state index in [4.69, 9.17) is 0 Å². The van der Waals surface area contributed by atoms with Crippen molar-refractivity contribution in [1.29, 1.82) is 0 Å². The minimum absolute atomic E-state index is 0.365. The van der Waals surface area contributed by atoms with E-state index in [1.165, 1.54) is 135 Å². The summed E-state index contributed by atoms with van der Waals surface area (Å²) in [7, 11) is 0. The summed E-state index contributed by atoms with van der Waals surface area (Å²) in [5.74, 6) is -0.591. The van der Waals surface area contributed by atoms with Crippen molar-refractivity contribution in [2.45, 2.75) is 224 Å². The van der Waals surface area contributed by atoms with Crippen molar-refractivity contribution in [2.75, 3.05) is 6.61 Å². The first-order valence-electron chi connectivity index (χ1n) is 19.6. The summed E-state index contributed by atoms with van der Waals surface area (Å²) in [6.07, 6.45) is 35.6. The molecular formula is C39H77NO5. The van der Waals surface area contributed by atoms with Crippen molar-refractivity contribution < 1.29 is 25.2 Å². The number of nitrogens with one attached hydrogen (secondary N) is 1. The summed E-state index contributed by atoms with van der Waals surface area (Å²) in [5.41, 5.74) is 0. The molecule has 0 heterocycles. The normalized spacial score (nSPS) is 14.5. The zero-order chi connectivity index (χ0) is 33.2. The molecule has 0 saturated carbocycles. The van der Waals surface area contributed by atoms with Crippen molar-refractivity contribution in [3.63, 3.8) is 0 Å². The predicted octanol–water partition coefficient (Wildman–Crippen LogP) is 9.46. The number of aliphatic hydroxyl groups is 4. The van der Waals surface area contributed by atoms with Crippen LogP contribution in [0.15, 0.2) is 12.2 Å². The first-order valence-corrected chi connectivity index (χ1v) is 19.6. The Morgan fingerprint density at radius 3 is 1.29 bits per heavy atom. The van der Waals surface area contributed by atoms with Gasteiger partial charge in [0.15, 0.2) is 0 Å². The van der Waals surface area contributed by atoms with Gasteiger partial charge in [-0.2, -0.15) is 0 Å². The Labute approximate surface area is 279 Å². The molecule has 4 unspecified atom stereocenters. The summed E-state index contributed by atoms with van der Waals surface area (Å²) in [5, 5.41) is 43.1. The molecule has 0 rings (SSSR count).